The maximum Gasteiger partial charge on any atom is 0.323 e. The van der Waals surface area contributed by atoms with E-state index in [0.717, 1.165) is 0 Å². The number of imidazole rings is 1. The quantitative estimate of drug-likeness (QED) is 0.561. The van der Waals surface area contributed by atoms with E-state index in [1.807, 2.05) is 0 Å². The van der Waals surface area contributed by atoms with E-state index in [1.54, 1.807) is 6.07 Å². The third kappa shape index (κ3) is 2.23. The van der Waals surface area contributed by atoms with Crippen LogP contribution in [0, 0.1) is 0 Å². The van der Waals surface area contributed by atoms with Gasteiger partial charge in [0.05, 0.1) is 22.9 Å². The van der Waals surface area contributed by atoms with Crippen LogP contribution >= 0.6 is 15.9 Å². The molecule has 4 N–H and O–H groups in total. The maximum absolute atomic E-state index is 12.1. The van der Waals surface area contributed by atoms with Gasteiger partial charge in [-0.3, -0.25) is 9.82 Å². The predicted molar refractivity (Wildman–Crippen MR) is 76.0 cm³/mol. The third-order valence-corrected chi connectivity index (χ3v) is 4.56. The molecule has 0 aliphatic rings. The number of anilines is 1. The third-order valence-electron chi connectivity index (χ3n) is 2.61. The molecule has 3 aromatic rings. The van der Waals surface area contributed by atoms with Crippen LogP contribution in [0.25, 0.3) is 11.0 Å². The molecule has 2 heterocycles. The van der Waals surface area contributed by atoms with Crippen molar-refractivity contribution >= 4 is 42.7 Å². The largest absolute Gasteiger partial charge is 0.323 e. The molecule has 2 aromatic heterocycles. The molecule has 0 aliphatic carbocycles. The number of hydrogen-bond acceptors (Lipinski definition) is 4. The van der Waals surface area contributed by atoms with Gasteiger partial charge in [-0.2, -0.15) is 13.5 Å². The van der Waals surface area contributed by atoms with Crippen molar-refractivity contribution in [3.8, 4) is 0 Å². The first-order chi connectivity index (χ1) is 9.45. The lowest BCUT2D eigenvalue weighted by Gasteiger charge is -2.08. The normalized spacial score (nSPS) is 11.8. The Labute approximate surface area is 120 Å². The average Bonchev–Trinajstić information content (AvgIpc) is 2.98. The number of fused-ring (bicyclic) bond motifs is 1. The molecule has 10 heteroatoms. The molecule has 1 aromatic carbocycles. The number of halogens is 1. The highest BCUT2D eigenvalue weighted by Gasteiger charge is 2.17. The van der Waals surface area contributed by atoms with E-state index in [2.05, 4.69) is 40.8 Å². The van der Waals surface area contributed by atoms with Gasteiger partial charge in [0.15, 0.2) is 5.03 Å². The second kappa shape index (κ2) is 4.49. The number of nitrogens with zero attached hydrogens (tertiary/aromatic N) is 1. The Bertz CT molecular complexity index is 926. The maximum atomic E-state index is 12.1. The summed E-state index contributed by atoms with van der Waals surface area (Å²) in [6, 6.07) is 4.47. The molecular formula is C10H8BrN5O3S. The number of benzene rings is 1. The predicted octanol–water partition coefficient (Wildman–Crippen LogP) is 1.14. The molecule has 104 valence electrons. The van der Waals surface area contributed by atoms with Crippen LogP contribution in [-0.2, 0) is 10.0 Å². The van der Waals surface area contributed by atoms with Crippen molar-refractivity contribution < 1.29 is 8.42 Å². The van der Waals surface area contributed by atoms with Gasteiger partial charge >= 0.3 is 5.69 Å². The second-order valence-electron chi connectivity index (χ2n) is 3.98. The molecule has 20 heavy (non-hydrogen) atoms. The fourth-order valence-electron chi connectivity index (χ4n) is 1.73. The molecule has 0 atom stereocenters. The van der Waals surface area contributed by atoms with Crippen molar-refractivity contribution in [1.82, 2.24) is 20.2 Å². The molecular weight excluding hydrogens is 350 g/mol. The van der Waals surface area contributed by atoms with E-state index in [0.29, 0.717) is 21.2 Å². The Morgan fingerprint density at radius 2 is 1.90 bits per heavy atom. The Kier molecular flexibility index (Phi) is 2.91. The van der Waals surface area contributed by atoms with E-state index in [1.165, 1.54) is 18.3 Å². The summed E-state index contributed by atoms with van der Waals surface area (Å²) in [6.45, 7) is 0. The van der Waals surface area contributed by atoms with Gasteiger partial charge in [0.25, 0.3) is 10.0 Å². The average molecular weight is 358 g/mol. The fourth-order valence-corrected chi connectivity index (χ4v) is 3.28. The molecule has 0 fully saturated rings. The lowest BCUT2D eigenvalue weighted by atomic mass is 10.3. The zero-order valence-corrected chi connectivity index (χ0v) is 12.2. The first-order valence-corrected chi connectivity index (χ1v) is 7.67. The van der Waals surface area contributed by atoms with Crippen LogP contribution in [0.5, 0.6) is 0 Å². The molecule has 0 amide bonds. The molecule has 8 nitrogen and oxygen atoms in total. The van der Waals surface area contributed by atoms with Crippen LogP contribution in [0.4, 0.5) is 5.69 Å². The number of H-pyrrole nitrogens is 3. The summed E-state index contributed by atoms with van der Waals surface area (Å²) < 4.78 is 27.1. The zero-order chi connectivity index (χ0) is 14.3. The minimum absolute atomic E-state index is 0.0490. The molecule has 3 rings (SSSR count). The Hall–Kier alpha value is -2.07. The zero-order valence-electron chi connectivity index (χ0n) is 9.77. The molecule has 0 saturated heterocycles. The van der Waals surface area contributed by atoms with Crippen LogP contribution in [0.1, 0.15) is 0 Å². The summed E-state index contributed by atoms with van der Waals surface area (Å²) in [5, 5.41) is 5.93. The van der Waals surface area contributed by atoms with Crippen molar-refractivity contribution in [2.24, 2.45) is 0 Å². The fraction of sp³-hybridized carbons (Fsp3) is 0. The number of nitrogens with one attached hydrogen (secondary N) is 4. The number of hydrogen-bond donors (Lipinski definition) is 4. The molecule has 0 spiro atoms. The summed E-state index contributed by atoms with van der Waals surface area (Å²) in [5.41, 5.74) is 1.02. The van der Waals surface area contributed by atoms with Crippen LogP contribution in [0.3, 0.4) is 0 Å². The molecule has 0 aliphatic heterocycles. The lowest BCUT2D eigenvalue weighted by Crippen LogP contribution is -2.13. The summed E-state index contributed by atoms with van der Waals surface area (Å²) in [4.78, 5) is 16.3. The minimum Gasteiger partial charge on any atom is -0.306 e. The number of rotatable bonds is 3. The second-order valence-corrected chi connectivity index (χ2v) is 6.49. The van der Waals surface area contributed by atoms with Gasteiger partial charge in [-0.15, -0.1) is 0 Å². The van der Waals surface area contributed by atoms with E-state index in [4.69, 9.17) is 0 Å². The van der Waals surface area contributed by atoms with Gasteiger partial charge in [0.1, 0.15) is 0 Å². The Morgan fingerprint density at radius 3 is 2.55 bits per heavy atom. The highest BCUT2D eigenvalue weighted by atomic mass is 79.9. The lowest BCUT2D eigenvalue weighted by molar-refractivity contribution is 0.597. The van der Waals surface area contributed by atoms with Gasteiger partial charge < -0.3 is 9.97 Å². The summed E-state index contributed by atoms with van der Waals surface area (Å²) in [5.74, 6) is 0. The van der Waals surface area contributed by atoms with Gasteiger partial charge in [-0.1, -0.05) is 0 Å². The first-order valence-electron chi connectivity index (χ1n) is 5.39. The van der Waals surface area contributed by atoms with Crippen molar-refractivity contribution in [2.75, 3.05) is 4.72 Å². The first kappa shape index (κ1) is 12.9. The van der Waals surface area contributed by atoms with Crippen molar-refractivity contribution in [2.45, 2.75) is 5.03 Å². The molecule has 0 unspecified atom stereocenters. The van der Waals surface area contributed by atoms with E-state index in [9.17, 15) is 13.2 Å². The van der Waals surface area contributed by atoms with Crippen molar-refractivity contribution in [3.63, 3.8) is 0 Å². The Morgan fingerprint density at radius 1 is 1.20 bits per heavy atom. The summed E-state index contributed by atoms with van der Waals surface area (Å²) >= 11 is 3.25. The molecule has 0 bridgehead atoms. The Balaban J connectivity index is 2.07. The monoisotopic (exact) mass is 357 g/mol. The summed E-state index contributed by atoms with van der Waals surface area (Å²) in [7, 11) is -3.75. The van der Waals surface area contributed by atoms with Crippen LogP contribution in [0.15, 0.2) is 38.7 Å². The SMILES string of the molecule is O=c1[nH]c2cc(Br)c(NS(=O)(=O)c3ccn[nH]3)cc2[nH]1. The van der Waals surface area contributed by atoms with Gasteiger partial charge in [-0.05, 0) is 34.1 Å². The van der Waals surface area contributed by atoms with Gasteiger partial charge in [0.2, 0.25) is 0 Å². The smallest absolute Gasteiger partial charge is 0.306 e. The van der Waals surface area contributed by atoms with E-state index in [-0.39, 0.29) is 10.7 Å². The minimum atomic E-state index is -3.75. The standard InChI is InChI=1S/C10H8BrN5O3S/c11-5-3-7-8(14-10(17)13-7)4-6(5)16-20(18,19)9-1-2-12-15-9/h1-4,16H,(H,12,15)(H2,13,14,17). The van der Waals surface area contributed by atoms with Crippen molar-refractivity contribution in [3.05, 3.63) is 39.4 Å². The van der Waals surface area contributed by atoms with Gasteiger partial charge in [0, 0.05) is 4.47 Å². The van der Waals surface area contributed by atoms with Crippen LogP contribution in [-0.4, -0.2) is 28.6 Å². The number of aromatic nitrogens is 4. The van der Waals surface area contributed by atoms with E-state index >= 15 is 0 Å². The van der Waals surface area contributed by atoms with Crippen LogP contribution in [0.2, 0.25) is 0 Å². The molecule has 0 saturated carbocycles. The number of sulfonamides is 1. The summed E-state index contributed by atoms with van der Waals surface area (Å²) in [6.07, 6.45) is 1.34. The highest BCUT2D eigenvalue weighted by molar-refractivity contribution is 9.10. The topological polar surface area (TPSA) is 124 Å². The highest BCUT2D eigenvalue weighted by Crippen LogP contribution is 2.28. The van der Waals surface area contributed by atoms with Gasteiger partial charge in [-0.25, -0.2) is 4.79 Å². The van der Waals surface area contributed by atoms with Crippen LogP contribution < -0.4 is 10.4 Å². The van der Waals surface area contributed by atoms with E-state index < -0.39 is 10.0 Å². The molecule has 0 radical (unpaired) electrons. The van der Waals surface area contributed by atoms with Crippen molar-refractivity contribution in [1.29, 1.82) is 0 Å². The number of aromatic amines is 3.